The summed E-state index contributed by atoms with van der Waals surface area (Å²) in [4.78, 5) is 0. The van der Waals surface area contributed by atoms with Crippen LogP contribution in [0.1, 0.15) is 11.3 Å². The molecule has 0 amide bonds. The lowest BCUT2D eigenvalue weighted by Crippen LogP contribution is -1.93. The summed E-state index contributed by atoms with van der Waals surface area (Å²) in [7, 11) is 1.59. The first-order valence-corrected chi connectivity index (χ1v) is 5.36. The first-order valence-electron chi connectivity index (χ1n) is 4.57. The summed E-state index contributed by atoms with van der Waals surface area (Å²) in [5, 5.41) is 16.0. The van der Waals surface area contributed by atoms with Crippen molar-refractivity contribution in [2.45, 2.75) is 6.92 Å². The van der Waals surface area contributed by atoms with Crippen molar-refractivity contribution in [1.29, 1.82) is 0 Å². The second kappa shape index (κ2) is 4.13. The van der Waals surface area contributed by atoms with Crippen LogP contribution in [0.2, 0.25) is 0 Å². The third-order valence-electron chi connectivity index (χ3n) is 2.29. The first kappa shape index (κ1) is 10.9. The molecular formula is C10H10BrN3O2. The van der Waals surface area contributed by atoms with Crippen molar-refractivity contribution in [3.05, 3.63) is 28.0 Å². The molecule has 0 radical (unpaired) electrons. The van der Waals surface area contributed by atoms with Gasteiger partial charge in [-0.15, -0.1) is 0 Å². The fraction of sp³-hybridized carbons (Fsp3) is 0.200. The molecule has 0 aromatic carbocycles. The minimum atomic E-state index is 0.671. The van der Waals surface area contributed by atoms with Crippen LogP contribution in [0.25, 0.3) is 5.52 Å². The Bertz CT molecular complexity index is 563. The number of hydrogen-bond donors (Lipinski definition) is 1. The zero-order valence-electron chi connectivity index (χ0n) is 8.81. The number of aryl methyl sites for hydroxylation is 1. The van der Waals surface area contributed by atoms with Crippen LogP contribution in [0, 0.1) is 6.92 Å². The average Bonchev–Trinajstić information content (AvgIpc) is 2.54. The number of ether oxygens (including phenoxy) is 1. The van der Waals surface area contributed by atoms with E-state index in [0.717, 1.165) is 21.2 Å². The third-order valence-corrected chi connectivity index (χ3v) is 2.72. The maximum absolute atomic E-state index is 8.62. The summed E-state index contributed by atoms with van der Waals surface area (Å²) in [5.74, 6) is 0.671. The van der Waals surface area contributed by atoms with E-state index in [1.54, 1.807) is 11.6 Å². The molecule has 1 N–H and O–H groups in total. The molecule has 0 unspecified atom stereocenters. The minimum Gasteiger partial charge on any atom is -0.494 e. The maximum Gasteiger partial charge on any atom is 0.146 e. The molecule has 0 aliphatic rings. The molecule has 0 atom stereocenters. The standard InChI is InChI=1S/C10H10BrN3O2/c1-6-8(4-12-15)10-9(16-2)3-7(11)5-14(10)13-6/h3-5,15H,1-2H3. The predicted octanol–water partition coefficient (Wildman–Crippen LogP) is 2.22. The summed E-state index contributed by atoms with van der Waals surface area (Å²) in [6, 6.07) is 1.84. The van der Waals surface area contributed by atoms with Crippen molar-refractivity contribution in [1.82, 2.24) is 9.61 Å². The van der Waals surface area contributed by atoms with Gasteiger partial charge >= 0.3 is 0 Å². The SMILES string of the molecule is COc1cc(Br)cn2nc(C)c(C=NO)c12. The van der Waals surface area contributed by atoms with Gasteiger partial charge in [-0.1, -0.05) is 5.16 Å². The Morgan fingerprint density at radius 1 is 1.62 bits per heavy atom. The van der Waals surface area contributed by atoms with E-state index in [9.17, 15) is 0 Å². The molecule has 0 saturated carbocycles. The van der Waals surface area contributed by atoms with Gasteiger partial charge in [0.05, 0.1) is 19.0 Å². The summed E-state index contributed by atoms with van der Waals surface area (Å²) in [6.45, 7) is 1.84. The molecule has 0 aliphatic heterocycles. The molecule has 0 bridgehead atoms. The van der Waals surface area contributed by atoms with Crippen LogP contribution < -0.4 is 4.74 Å². The number of aromatic nitrogens is 2. The van der Waals surface area contributed by atoms with Crippen LogP contribution >= 0.6 is 15.9 Å². The highest BCUT2D eigenvalue weighted by atomic mass is 79.9. The Morgan fingerprint density at radius 3 is 3.00 bits per heavy atom. The third kappa shape index (κ3) is 1.65. The topological polar surface area (TPSA) is 59.1 Å². The van der Waals surface area contributed by atoms with Gasteiger partial charge in [-0.05, 0) is 28.9 Å². The van der Waals surface area contributed by atoms with Crippen LogP contribution in [-0.2, 0) is 0 Å². The van der Waals surface area contributed by atoms with Crippen LogP contribution in [0.15, 0.2) is 21.9 Å². The summed E-state index contributed by atoms with van der Waals surface area (Å²) >= 11 is 3.37. The molecule has 16 heavy (non-hydrogen) atoms. The Morgan fingerprint density at radius 2 is 2.38 bits per heavy atom. The van der Waals surface area contributed by atoms with Gasteiger partial charge < -0.3 is 9.94 Å². The highest BCUT2D eigenvalue weighted by molar-refractivity contribution is 9.10. The highest BCUT2D eigenvalue weighted by Gasteiger charge is 2.13. The van der Waals surface area contributed by atoms with Crippen molar-refractivity contribution in [2.24, 2.45) is 5.16 Å². The van der Waals surface area contributed by atoms with E-state index in [2.05, 4.69) is 26.2 Å². The summed E-state index contributed by atoms with van der Waals surface area (Å²) < 4.78 is 7.83. The fourth-order valence-corrected chi connectivity index (χ4v) is 2.02. The summed E-state index contributed by atoms with van der Waals surface area (Å²) in [6.07, 6.45) is 3.17. The van der Waals surface area contributed by atoms with Crippen LogP contribution in [0.5, 0.6) is 5.75 Å². The van der Waals surface area contributed by atoms with Crippen molar-refractivity contribution in [3.8, 4) is 5.75 Å². The lowest BCUT2D eigenvalue weighted by atomic mass is 10.2. The fourth-order valence-electron chi connectivity index (χ4n) is 1.61. The van der Waals surface area contributed by atoms with Crippen molar-refractivity contribution >= 4 is 27.7 Å². The predicted molar refractivity (Wildman–Crippen MR) is 63.6 cm³/mol. The van der Waals surface area contributed by atoms with Gasteiger partial charge in [-0.2, -0.15) is 5.10 Å². The van der Waals surface area contributed by atoms with Crippen LogP contribution in [0.4, 0.5) is 0 Å². The van der Waals surface area contributed by atoms with E-state index in [1.165, 1.54) is 6.21 Å². The van der Waals surface area contributed by atoms with Gasteiger partial charge in [0.2, 0.25) is 0 Å². The monoisotopic (exact) mass is 283 g/mol. The number of hydrogen-bond acceptors (Lipinski definition) is 4. The van der Waals surface area contributed by atoms with Crippen molar-refractivity contribution in [3.63, 3.8) is 0 Å². The van der Waals surface area contributed by atoms with Gasteiger partial charge in [-0.25, -0.2) is 4.52 Å². The van der Waals surface area contributed by atoms with Crippen molar-refractivity contribution in [2.75, 3.05) is 7.11 Å². The van der Waals surface area contributed by atoms with Crippen LogP contribution in [-0.4, -0.2) is 28.1 Å². The quantitative estimate of drug-likeness (QED) is 0.522. The lowest BCUT2D eigenvalue weighted by molar-refractivity contribution is 0.322. The Balaban J connectivity index is 2.85. The Kier molecular flexibility index (Phi) is 2.82. The maximum atomic E-state index is 8.62. The largest absolute Gasteiger partial charge is 0.494 e. The van der Waals surface area contributed by atoms with E-state index in [-0.39, 0.29) is 0 Å². The van der Waals surface area contributed by atoms with E-state index >= 15 is 0 Å². The lowest BCUT2D eigenvalue weighted by Gasteiger charge is -2.04. The highest BCUT2D eigenvalue weighted by Crippen LogP contribution is 2.27. The minimum absolute atomic E-state index is 0.671. The number of methoxy groups -OCH3 is 1. The molecule has 2 rings (SSSR count). The molecule has 0 aliphatic carbocycles. The molecule has 2 heterocycles. The normalized spacial score (nSPS) is 11.4. The molecule has 0 saturated heterocycles. The van der Waals surface area contributed by atoms with E-state index in [4.69, 9.17) is 9.94 Å². The van der Waals surface area contributed by atoms with Gasteiger partial charge in [0, 0.05) is 16.2 Å². The van der Waals surface area contributed by atoms with E-state index in [0.29, 0.717) is 5.75 Å². The van der Waals surface area contributed by atoms with E-state index < -0.39 is 0 Å². The Labute approximate surface area is 100 Å². The number of halogens is 1. The number of oxime groups is 1. The van der Waals surface area contributed by atoms with Gasteiger partial charge in [-0.3, -0.25) is 0 Å². The molecule has 6 heteroatoms. The molecular weight excluding hydrogens is 274 g/mol. The number of rotatable bonds is 2. The zero-order chi connectivity index (χ0) is 11.7. The first-order chi connectivity index (χ1) is 7.67. The molecule has 84 valence electrons. The van der Waals surface area contributed by atoms with Crippen LogP contribution in [0.3, 0.4) is 0 Å². The smallest absolute Gasteiger partial charge is 0.146 e. The van der Waals surface area contributed by atoms with Crippen molar-refractivity contribution < 1.29 is 9.94 Å². The van der Waals surface area contributed by atoms with E-state index in [1.807, 2.05) is 19.2 Å². The average molecular weight is 284 g/mol. The molecule has 0 fully saturated rings. The van der Waals surface area contributed by atoms with Gasteiger partial charge in [0.25, 0.3) is 0 Å². The number of nitrogens with zero attached hydrogens (tertiary/aromatic N) is 3. The molecule has 0 spiro atoms. The summed E-state index contributed by atoms with van der Waals surface area (Å²) in [5.41, 5.74) is 2.29. The second-order valence-corrected chi connectivity index (χ2v) is 4.18. The molecule has 2 aromatic rings. The van der Waals surface area contributed by atoms with Gasteiger partial charge in [0.15, 0.2) is 0 Å². The Hall–Kier alpha value is -1.56. The molecule has 5 nitrogen and oxygen atoms in total. The number of pyridine rings is 1. The second-order valence-electron chi connectivity index (χ2n) is 3.26. The van der Waals surface area contributed by atoms with Gasteiger partial charge in [0.1, 0.15) is 11.3 Å². The zero-order valence-corrected chi connectivity index (χ0v) is 10.4. The molecule has 2 aromatic heterocycles. The number of fused-ring (bicyclic) bond motifs is 1.